The van der Waals surface area contributed by atoms with Crippen LogP contribution in [-0.2, 0) is 14.3 Å². The first-order chi connectivity index (χ1) is 23.5. The number of hydrogen-bond donors (Lipinski definition) is 3. The average Bonchev–Trinajstić information content (AvgIpc) is 3.08. The van der Waals surface area contributed by atoms with Crippen molar-refractivity contribution in [1.82, 2.24) is 5.32 Å². The highest BCUT2D eigenvalue weighted by atomic mass is 16.5. The lowest BCUT2D eigenvalue weighted by molar-refractivity contribution is -0.143. The standard InChI is InChI=1S/C42H83NO5/c1-3-5-7-9-11-13-14-15-20-24-28-32-36-42(47)48-37-33-29-25-21-17-16-19-23-27-31-35-41(46)43-39(38-44)40(45)34-30-26-22-18-12-10-8-6-4-2/h39-40,44-45H,3-38H2,1-2H3,(H,43,46). The van der Waals surface area contributed by atoms with Gasteiger partial charge in [0.2, 0.25) is 5.91 Å². The van der Waals surface area contributed by atoms with Crippen molar-refractivity contribution >= 4 is 11.9 Å². The van der Waals surface area contributed by atoms with Crippen molar-refractivity contribution in [2.75, 3.05) is 13.2 Å². The van der Waals surface area contributed by atoms with Gasteiger partial charge < -0.3 is 20.3 Å². The van der Waals surface area contributed by atoms with Crippen molar-refractivity contribution in [3.05, 3.63) is 0 Å². The van der Waals surface area contributed by atoms with Crippen LogP contribution in [0.25, 0.3) is 0 Å². The highest BCUT2D eigenvalue weighted by molar-refractivity contribution is 5.76. The van der Waals surface area contributed by atoms with Gasteiger partial charge in [-0.2, -0.15) is 0 Å². The van der Waals surface area contributed by atoms with E-state index in [2.05, 4.69) is 19.2 Å². The van der Waals surface area contributed by atoms with Crippen LogP contribution in [0.2, 0.25) is 0 Å². The average molecular weight is 682 g/mol. The van der Waals surface area contributed by atoms with Gasteiger partial charge in [0, 0.05) is 12.8 Å². The number of hydrogen-bond acceptors (Lipinski definition) is 5. The van der Waals surface area contributed by atoms with Crippen LogP contribution in [0.4, 0.5) is 0 Å². The summed E-state index contributed by atoms with van der Waals surface area (Å²) >= 11 is 0. The smallest absolute Gasteiger partial charge is 0.305 e. The molecule has 48 heavy (non-hydrogen) atoms. The molecule has 6 heteroatoms. The Hall–Kier alpha value is -1.14. The Morgan fingerprint density at radius 1 is 0.500 bits per heavy atom. The summed E-state index contributed by atoms with van der Waals surface area (Å²) in [6, 6.07) is -0.553. The highest BCUT2D eigenvalue weighted by Gasteiger charge is 2.20. The molecule has 0 radical (unpaired) electrons. The molecule has 0 aliphatic rings. The maximum atomic E-state index is 12.3. The zero-order valence-corrected chi connectivity index (χ0v) is 32.2. The Morgan fingerprint density at radius 3 is 1.27 bits per heavy atom. The van der Waals surface area contributed by atoms with Crippen LogP contribution >= 0.6 is 0 Å². The second-order valence-electron chi connectivity index (χ2n) is 14.7. The topological polar surface area (TPSA) is 95.9 Å². The lowest BCUT2D eigenvalue weighted by atomic mass is 10.0. The molecule has 0 bridgehead atoms. The van der Waals surface area contributed by atoms with E-state index in [0.717, 1.165) is 57.8 Å². The Bertz CT molecular complexity index is 672. The van der Waals surface area contributed by atoms with Gasteiger partial charge in [0.05, 0.1) is 25.4 Å². The van der Waals surface area contributed by atoms with E-state index >= 15 is 0 Å². The molecule has 0 rings (SSSR count). The zero-order valence-electron chi connectivity index (χ0n) is 32.2. The monoisotopic (exact) mass is 682 g/mol. The zero-order chi connectivity index (χ0) is 35.2. The third kappa shape index (κ3) is 34.7. The van der Waals surface area contributed by atoms with Crippen LogP contribution < -0.4 is 5.32 Å². The minimum absolute atomic E-state index is 0.0188. The highest BCUT2D eigenvalue weighted by Crippen LogP contribution is 2.15. The summed E-state index contributed by atoms with van der Waals surface area (Å²) in [5.41, 5.74) is 0. The summed E-state index contributed by atoms with van der Waals surface area (Å²) in [6.45, 7) is 4.87. The van der Waals surface area contributed by atoms with E-state index in [1.807, 2.05) is 0 Å². The summed E-state index contributed by atoms with van der Waals surface area (Å²) in [4.78, 5) is 24.3. The van der Waals surface area contributed by atoms with Gasteiger partial charge in [0.15, 0.2) is 0 Å². The first kappa shape index (κ1) is 46.9. The number of nitrogens with one attached hydrogen (secondary N) is 1. The Morgan fingerprint density at radius 2 is 0.854 bits per heavy atom. The minimum Gasteiger partial charge on any atom is -0.466 e. The summed E-state index contributed by atoms with van der Waals surface area (Å²) in [5.74, 6) is -0.0788. The number of aliphatic hydroxyl groups is 2. The molecule has 0 aromatic carbocycles. The lowest BCUT2D eigenvalue weighted by Gasteiger charge is -2.22. The Labute approximate surface area is 298 Å². The number of carbonyl (C=O) groups excluding carboxylic acids is 2. The summed E-state index contributed by atoms with van der Waals surface area (Å²) < 4.78 is 5.43. The fraction of sp³-hybridized carbons (Fsp3) is 0.952. The van der Waals surface area contributed by atoms with Gasteiger partial charge >= 0.3 is 5.97 Å². The molecule has 0 heterocycles. The second kappa shape index (κ2) is 38.7. The van der Waals surface area contributed by atoms with Crippen molar-refractivity contribution in [2.45, 2.75) is 244 Å². The molecular formula is C42H83NO5. The molecule has 3 N–H and O–H groups in total. The van der Waals surface area contributed by atoms with E-state index in [0.29, 0.717) is 25.9 Å². The van der Waals surface area contributed by atoms with Gasteiger partial charge in [-0.25, -0.2) is 0 Å². The van der Waals surface area contributed by atoms with Crippen molar-refractivity contribution in [3.63, 3.8) is 0 Å². The normalized spacial score (nSPS) is 12.7. The molecular weight excluding hydrogens is 598 g/mol. The molecule has 2 atom stereocenters. The quantitative estimate of drug-likeness (QED) is 0.0443. The van der Waals surface area contributed by atoms with Crippen molar-refractivity contribution in [3.8, 4) is 0 Å². The molecule has 0 fully saturated rings. The first-order valence-corrected chi connectivity index (χ1v) is 21.3. The number of aliphatic hydroxyl groups excluding tert-OH is 2. The molecule has 0 aromatic rings. The molecule has 0 saturated heterocycles. The Kier molecular flexibility index (Phi) is 37.7. The maximum Gasteiger partial charge on any atom is 0.305 e. The van der Waals surface area contributed by atoms with E-state index in [9.17, 15) is 19.8 Å². The molecule has 0 saturated carbocycles. The molecule has 6 nitrogen and oxygen atoms in total. The van der Waals surface area contributed by atoms with Crippen LogP contribution in [-0.4, -0.2) is 47.4 Å². The van der Waals surface area contributed by atoms with Crippen molar-refractivity contribution in [2.24, 2.45) is 0 Å². The van der Waals surface area contributed by atoms with Crippen molar-refractivity contribution in [1.29, 1.82) is 0 Å². The fourth-order valence-electron chi connectivity index (χ4n) is 6.58. The number of amides is 1. The lowest BCUT2D eigenvalue weighted by Crippen LogP contribution is -2.45. The summed E-state index contributed by atoms with van der Waals surface area (Å²) in [6.07, 6.45) is 39.1. The van der Waals surface area contributed by atoms with Gasteiger partial charge in [-0.1, -0.05) is 194 Å². The maximum absolute atomic E-state index is 12.3. The third-order valence-corrected chi connectivity index (χ3v) is 9.91. The van der Waals surface area contributed by atoms with Gasteiger partial charge in [-0.3, -0.25) is 9.59 Å². The molecule has 1 amide bonds. The van der Waals surface area contributed by atoms with E-state index < -0.39 is 12.1 Å². The van der Waals surface area contributed by atoms with E-state index in [1.54, 1.807) is 0 Å². The van der Waals surface area contributed by atoms with Crippen molar-refractivity contribution < 1.29 is 24.5 Å². The number of unbranched alkanes of at least 4 members (excludes halogenated alkanes) is 28. The molecule has 0 aliphatic carbocycles. The van der Waals surface area contributed by atoms with E-state index in [4.69, 9.17) is 4.74 Å². The second-order valence-corrected chi connectivity index (χ2v) is 14.7. The van der Waals surface area contributed by atoms with E-state index in [1.165, 1.54) is 141 Å². The minimum atomic E-state index is -0.674. The molecule has 286 valence electrons. The van der Waals surface area contributed by atoms with Gasteiger partial charge in [-0.05, 0) is 25.7 Å². The van der Waals surface area contributed by atoms with Gasteiger partial charge in [0.25, 0.3) is 0 Å². The summed E-state index contributed by atoms with van der Waals surface area (Å²) in [5, 5.41) is 23.0. The van der Waals surface area contributed by atoms with Crippen LogP contribution in [0.5, 0.6) is 0 Å². The van der Waals surface area contributed by atoms with Crippen LogP contribution in [0, 0.1) is 0 Å². The largest absolute Gasteiger partial charge is 0.466 e. The number of rotatable bonds is 39. The van der Waals surface area contributed by atoms with Gasteiger partial charge in [0.1, 0.15) is 0 Å². The fourth-order valence-corrected chi connectivity index (χ4v) is 6.58. The number of esters is 1. The third-order valence-electron chi connectivity index (χ3n) is 9.91. The predicted octanol–water partition coefficient (Wildman–Crippen LogP) is 11.7. The number of carbonyl (C=O) groups is 2. The molecule has 2 unspecified atom stereocenters. The number of ether oxygens (including phenoxy) is 1. The summed E-state index contributed by atoms with van der Waals surface area (Å²) in [7, 11) is 0. The molecule has 0 aromatic heterocycles. The Balaban J connectivity index is 3.46. The van der Waals surface area contributed by atoms with Gasteiger partial charge in [-0.15, -0.1) is 0 Å². The SMILES string of the molecule is CCCCCCCCCCCCCCC(=O)OCCCCCCCCCCCCC(=O)NC(CO)C(O)CCCCCCCCCCC. The molecule has 0 aliphatic heterocycles. The van der Waals surface area contributed by atoms with Crippen LogP contribution in [0.3, 0.4) is 0 Å². The first-order valence-electron chi connectivity index (χ1n) is 21.3. The predicted molar refractivity (Wildman–Crippen MR) is 204 cm³/mol. The van der Waals surface area contributed by atoms with E-state index in [-0.39, 0.29) is 18.5 Å². The van der Waals surface area contributed by atoms with Crippen LogP contribution in [0.15, 0.2) is 0 Å². The van der Waals surface area contributed by atoms with Crippen LogP contribution in [0.1, 0.15) is 232 Å². The molecule has 0 spiro atoms.